The minimum absolute atomic E-state index is 0.203. The molecule has 0 bridgehead atoms. The van der Waals surface area contributed by atoms with Gasteiger partial charge in [0.25, 0.3) is 5.89 Å². The van der Waals surface area contributed by atoms with Gasteiger partial charge in [0.2, 0.25) is 5.82 Å². The number of halogens is 2. The van der Waals surface area contributed by atoms with Gasteiger partial charge in [0.15, 0.2) is 11.5 Å². The van der Waals surface area contributed by atoms with E-state index in [4.69, 9.17) is 37.2 Å². The minimum Gasteiger partial charge on any atom is -0.493 e. The highest BCUT2D eigenvalue weighted by molar-refractivity contribution is 6.50. The van der Waals surface area contributed by atoms with E-state index in [1.807, 2.05) is 43.3 Å². The molecule has 0 radical (unpaired) electrons. The van der Waals surface area contributed by atoms with Crippen LogP contribution in [-0.4, -0.2) is 23.9 Å². The van der Waals surface area contributed by atoms with Crippen LogP contribution in [0.5, 0.6) is 11.5 Å². The second-order valence-corrected chi connectivity index (χ2v) is 6.05. The Labute approximate surface area is 161 Å². The summed E-state index contributed by atoms with van der Waals surface area (Å²) in [7, 11) is 1.58. The molecular weight excluding hydrogens is 375 g/mol. The second-order valence-electron chi connectivity index (χ2n) is 5.24. The molecule has 3 aromatic rings. The first-order valence-electron chi connectivity index (χ1n) is 7.89. The first-order chi connectivity index (χ1) is 12.6. The zero-order valence-electron chi connectivity index (χ0n) is 14.2. The Morgan fingerprint density at radius 3 is 2.73 bits per heavy atom. The van der Waals surface area contributed by atoms with Crippen molar-refractivity contribution >= 4 is 34.3 Å². The van der Waals surface area contributed by atoms with E-state index in [-0.39, 0.29) is 5.89 Å². The Morgan fingerprint density at radius 2 is 2.00 bits per heavy atom. The molecule has 0 saturated heterocycles. The lowest BCUT2D eigenvalue weighted by atomic mass is 10.2. The molecule has 0 unspecified atom stereocenters. The maximum atomic E-state index is 6.34. The minimum atomic E-state index is 0.203. The SMILES string of the molecule is CCOc1ccc(/C=C(\Cl)c2nc(-c3ccccc3Cl)no2)cc1OC. The third-order valence-corrected chi connectivity index (χ3v) is 4.13. The average Bonchev–Trinajstić information content (AvgIpc) is 3.13. The first kappa shape index (κ1) is 18.3. The Balaban J connectivity index is 1.88. The molecule has 0 aliphatic rings. The fourth-order valence-corrected chi connectivity index (χ4v) is 2.75. The van der Waals surface area contributed by atoms with Crippen LogP contribution in [0.3, 0.4) is 0 Å². The van der Waals surface area contributed by atoms with Gasteiger partial charge in [-0.2, -0.15) is 4.98 Å². The Bertz CT molecular complexity index is 938. The van der Waals surface area contributed by atoms with Crippen molar-refractivity contribution in [1.29, 1.82) is 0 Å². The molecular formula is C19H16Cl2N2O3. The molecule has 0 aliphatic carbocycles. The molecule has 0 fully saturated rings. The predicted octanol–water partition coefficient (Wildman–Crippen LogP) is 5.53. The molecule has 7 heteroatoms. The van der Waals surface area contributed by atoms with Gasteiger partial charge < -0.3 is 14.0 Å². The smallest absolute Gasteiger partial charge is 0.269 e. The highest BCUT2D eigenvalue weighted by Gasteiger charge is 2.14. The van der Waals surface area contributed by atoms with Crippen molar-refractivity contribution < 1.29 is 14.0 Å². The number of benzene rings is 2. The van der Waals surface area contributed by atoms with E-state index in [0.717, 1.165) is 5.56 Å². The molecule has 1 heterocycles. The number of hydrogen-bond donors (Lipinski definition) is 0. The van der Waals surface area contributed by atoms with E-state index in [9.17, 15) is 0 Å². The predicted molar refractivity (Wildman–Crippen MR) is 103 cm³/mol. The van der Waals surface area contributed by atoms with Gasteiger partial charge in [0.1, 0.15) is 5.03 Å². The van der Waals surface area contributed by atoms with Crippen LogP contribution in [0, 0.1) is 0 Å². The molecule has 0 aliphatic heterocycles. The van der Waals surface area contributed by atoms with Gasteiger partial charge in [0, 0.05) is 5.56 Å². The number of aromatic nitrogens is 2. The van der Waals surface area contributed by atoms with E-state index in [1.165, 1.54) is 0 Å². The monoisotopic (exact) mass is 390 g/mol. The van der Waals surface area contributed by atoms with Gasteiger partial charge in [-0.1, -0.05) is 46.6 Å². The van der Waals surface area contributed by atoms with E-state index >= 15 is 0 Å². The maximum Gasteiger partial charge on any atom is 0.269 e. The first-order valence-corrected chi connectivity index (χ1v) is 8.65. The molecule has 0 atom stereocenters. The van der Waals surface area contributed by atoms with Crippen LogP contribution in [0.4, 0.5) is 0 Å². The Morgan fingerprint density at radius 1 is 1.19 bits per heavy atom. The maximum absolute atomic E-state index is 6.34. The van der Waals surface area contributed by atoms with Gasteiger partial charge in [-0.15, -0.1) is 0 Å². The topological polar surface area (TPSA) is 57.4 Å². The van der Waals surface area contributed by atoms with Crippen molar-refractivity contribution in [2.24, 2.45) is 0 Å². The van der Waals surface area contributed by atoms with Crippen molar-refractivity contribution in [3.05, 3.63) is 58.9 Å². The lowest BCUT2D eigenvalue weighted by Gasteiger charge is -2.09. The molecule has 26 heavy (non-hydrogen) atoms. The lowest BCUT2D eigenvalue weighted by molar-refractivity contribution is 0.311. The molecule has 3 rings (SSSR count). The van der Waals surface area contributed by atoms with E-state index in [0.29, 0.717) is 39.5 Å². The zero-order valence-corrected chi connectivity index (χ0v) is 15.7. The van der Waals surface area contributed by atoms with Gasteiger partial charge in [0.05, 0.1) is 18.7 Å². The number of rotatable bonds is 6. The summed E-state index contributed by atoms with van der Waals surface area (Å²) in [5.41, 5.74) is 1.49. The van der Waals surface area contributed by atoms with Crippen LogP contribution < -0.4 is 9.47 Å². The van der Waals surface area contributed by atoms with Gasteiger partial charge >= 0.3 is 0 Å². The van der Waals surface area contributed by atoms with Crippen LogP contribution in [-0.2, 0) is 0 Å². The third kappa shape index (κ3) is 4.00. The summed E-state index contributed by atoms with van der Waals surface area (Å²) >= 11 is 12.5. The van der Waals surface area contributed by atoms with Crippen molar-refractivity contribution in [3.63, 3.8) is 0 Å². The van der Waals surface area contributed by atoms with Crippen molar-refractivity contribution in [3.8, 4) is 22.9 Å². The second kappa shape index (κ2) is 8.25. The Kier molecular flexibility index (Phi) is 5.81. The number of methoxy groups -OCH3 is 1. The molecule has 134 valence electrons. The average molecular weight is 391 g/mol. The largest absolute Gasteiger partial charge is 0.493 e. The van der Waals surface area contributed by atoms with Crippen LogP contribution in [0.25, 0.3) is 22.5 Å². The van der Waals surface area contributed by atoms with Gasteiger partial charge in [-0.05, 0) is 42.8 Å². The van der Waals surface area contributed by atoms with E-state index in [1.54, 1.807) is 19.3 Å². The molecule has 0 spiro atoms. The molecule has 0 N–H and O–H groups in total. The highest BCUT2D eigenvalue weighted by Crippen LogP contribution is 2.31. The number of hydrogen-bond acceptors (Lipinski definition) is 5. The summed E-state index contributed by atoms with van der Waals surface area (Å²) in [5.74, 6) is 1.87. The molecule has 5 nitrogen and oxygen atoms in total. The number of ether oxygens (including phenoxy) is 2. The van der Waals surface area contributed by atoms with Crippen LogP contribution >= 0.6 is 23.2 Å². The fourth-order valence-electron chi connectivity index (χ4n) is 2.33. The zero-order chi connectivity index (χ0) is 18.5. The van der Waals surface area contributed by atoms with Crippen LogP contribution in [0.1, 0.15) is 18.4 Å². The quantitative estimate of drug-likeness (QED) is 0.553. The fraction of sp³-hybridized carbons (Fsp3) is 0.158. The standard InChI is InChI=1S/C19H16Cl2N2O3/c1-3-25-16-9-8-12(11-17(16)24-2)10-15(21)19-22-18(23-26-19)13-6-4-5-7-14(13)20/h4-11H,3H2,1-2H3/b15-10-. The highest BCUT2D eigenvalue weighted by atomic mass is 35.5. The molecule has 2 aromatic carbocycles. The van der Waals surface area contributed by atoms with Crippen molar-refractivity contribution in [2.75, 3.05) is 13.7 Å². The lowest BCUT2D eigenvalue weighted by Crippen LogP contribution is -1.95. The van der Waals surface area contributed by atoms with Crippen LogP contribution in [0.15, 0.2) is 47.0 Å². The summed E-state index contributed by atoms with van der Waals surface area (Å²) in [6.07, 6.45) is 1.71. The third-order valence-electron chi connectivity index (χ3n) is 3.53. The summed E-state index contributed by atoms with van der Waals surface area (Å²) in [6, 6.07) is 12.8. The van der Waals surface area contributed by atoms with Crippen LogP contribution in [0.2, 0.25) is 5.02 Å². The van der Waals surface area contributed by atoms with E-state index in [2.05, 4.69) is 10.1 Å². The summed E-state index contributed by atoms with van der Waals surface area (Å²) in [4.78, 5) is 4.31. The number of nitrogens with zero attached hydrogens (tertiary/aromatic N) is 2. The molecule has 0 amide bonds. The van der Waals surface area contributed by atoms with Crippen molar-refractivity contribution in [1.82, 2.24) is 10.1 Å². The molecule has 1 aromatic heterocycles. The van der Waals surface area contributed by atoms with Crippen molar-refractivity contribution in [2.45, 2.75) is 6.92 Å². The summed E-state index contributed by atoms with van der Waals surface area (Å²) in [5, 5.41) is 4.79. The summed E-state index contributed by atoms with van der Waals surface area (Å²) in [6.45, 7) is 2.47. The van der Waals surface area contributed by atoms with Gasteiger partial charge in [-0.25, -0.2) is 0 Å². The summed E-state index contributed by atoms with van der Waals surface area (Å²) < 4.78 is 16.1. The van der Waals surface area contributed by atoms with E-state index < -0.39 is 0 Å². The van der Waals surface area contributed by atoms with Gasteiger partial charge in [-0.3, -0.25) is 0 Å². The Hall–Kier alpha value is -2.50. The molecule has 0 saturated carbocycles. The normalized spacial score (nSPS) is 11.5.